The van der Waals surface area contributed by atoms with Crippen LogP contribution in [0.1, 0.15) is 21.9 Å². The van der Waals surface area contributed by atoms with E-state index in [1.807, 2.05) is 19.9 Å². The van der Waals surface area contributed by atoms with Crippen molar-refractivity contribution in [2.24, 2.45) is 0 Å². The number of nitrogens with zero attached hydrogens (tertiary/aromatic N) is 1. The number of hydrogen-bond donors (Lipinski definition) is 1. The number of aryl methyl sites for hydroxylation is 2. The van der Waals surface area contributed by atoms with Crippen LogP contribution in [-0.2, 0) is 13.1 Å². The second-order valence-electron chi connectivity index (χ2n) is 5.07. The predicted octanol–water partition coefficient (Wildman–Crippen LogP) is 4.31. The second-order valence-corrected chi connectivity index (χ2v) is 6.07. The zero-order chi connectivity index (χ0) is 14.7. The van der Waals surface area contributed by atoms with Gasteiger partial charge in [-0.2, -0.15) is 0 Å². The predicted molar refractivity (Wildman–Crippen MR) is 86.3 cm³/mol. The van der Waals surface area contributed by atoms with Gasteiger partial charge in [0.15, 0.2) is 0 Å². The molecule has 0 saturated carbocycles. The first-order chi connectivity index (χ1) is 10.2. The third-order valence-corrected chi connectivity index (χ3v) is 4.48. The Labute approximate surface area is 128 Å². The fourth-order valence-electron chi connectivity index (χ4n) is 2.32. The molecule has 1 N–H and O–H groups in total. The molecule has 0 radical (unpaired) electrons. The van der Waals surface area contributed by atoms with Gasteiger partial charge in [-0.15, -0.1) is 11.3 Å². The van der Waals surface area contributed by atoms with Crippen molar-refractivity contribution in [2.45, 2.75) is 26.9 Å². The molecular weight excluding hydrogens is 280 g/mol. The van der Waals surface area contributed by atoms with Gasteiger partial charge in [-0.05, 0) is 36.4 Å². The van der Waals surface area contributed by atoms with Gasteiger partial charge in [0.25, 0.3) is 0 Å². The smallest absolute Gasteiger partial charge is 0.138 e. The quantitative estimate of drug-likeness (QED) is 0.762. The molecule has 1 aromatic carbocycles. The lowest BCUT2D eigenvalue weighted by Crippen LogP contribution is -2.12. The first kappa shape index (κ1) is 14.0. The van der Waals surface area contributed by atoms with E-state index in [2.05, 4.69) is 46.2 Å². The third-order valence-electron chi connectivity index (χ3n) is 3.54. The lowest BCUT2D eigenvalue weighted by Gasteiger charge is -2.02. The van der Waals surface area contributed by atoms with Crippen LogP contribution in [0.4, 0.5) is 0 Å². The number of rotatable bonds is 5. The topological polar surface area (TPSA) is 38.1 Å². The first-order valence-corrected chi connectivity index (χ1v) is 7.87. The molecule has 21 heavy (non-hydrogen) atoms. The fourth-order valence-corrected chi connectivity index (χ4v) is 3.18. The molecule has 0 aliphatic heterocycles. The van der Waals surface area contributed by atoms with Crippen molar-refractivity contribution in [3.8, 4) is 11.1 Å². The van der Waals surface area contributed by atoms with Crippen molar-refractivity contribution in [1.82, 2.24) is 10.5 Å². The van der Waals surface area contributed by atoms with Gasteiger partial charge in [-0.1, -0.05) is 35.5 Å². The van der Waals surface area contributed by atoms with Crippen molar-refractivity contribution in [2.75, 3.05) is 0 Å². The van der Waals surface area contributed by atoms with Gasteiger partial charge in [-0.25, -0.2) is 0 Å². The lowest BCUT2D eigenvalue weighted by molar-refractivity contribution is 0.392. The highest BCUT2D eigenvalue weighted by Crippen LogP contribution is 2.25. The number of nitrogens with one attached hydrogen (secondary N) is 1. The Kier molecular flexibility index (Phi) is 4.18. The van der Waals surface area contributed by atoms with Crippen LogP contribution in [-0.4, -0.2) is 5.16 Å². The fraction of sp³-hybridized carbons (Fsp3) is 0.235. The SMILES string of the molecule is Cc1noc(C)c1CNCc1cc(-c2ccccc2)cs1. The maximum atomic E-state index is 5.17. The molecule has 0 unspecified atom stereocenters. The Bertz CT molecular complexity index is 696. The summed E-state index contributed by atoms with van der Waals surface area (Å²) in [7, 11) is 0. The minimum absolute atomic E-state index is 0.791. The van der Waals surface area contributed by atoms with Crippen LogP contribution in [0.15, 0.2) is 46.3 Å². The maximum absolute atomic E-state index is 5.17. The molecule has 0 fully saturated rings. The Morgan fingerprint density at radius 3 is 2.62 bits per heavy atom. The Morgan fingerprint density at radius 1 is 1.10 bits per heavy atom. The Hall–Kier alpha value is -1.91. The minimum Gasteiger partial charge on any atom is -0.361 e. The molecule has 2 aromatic heterocycles. The highest BCUT2D eigenvalue weighted by atomic mass is 32.1. The molecule has 0 aliphatic carbocycles. The van der Waals surface area contributed by atoms with Crippen molar-refractivity contribution in [1.29, 1.82) is 0 Å². The molecule has 0 saturated heterocycles. The largest absolute Gasteiger partial charge is 0.361 e. The van der Waals surface area contributed by atoms with Crippen LogP contribution in [0.2, 0.25) is 0 Å². The highest BCUT2D eigenvalue weighted by Gasteiger charge is 2.08. The molecule has 2 heterocycles. The maximum Gasteiger partial charge on any atom is 0.138 e. The summed E-state index contributed by atoms with van der Waals surface area (Å²) in [5.74, 6) is 0.899. The molecule has 108 valence electrons. The summed E-state index contributed by atoms with van der Waals surface area (Å²) in [6, 6.07) is 12.7. The number of hydrogen-bond acceptors (Lipinski definition) is 4. The summed E-state index contributed by atoms with van der Waals surface area (Å²) in [5, 5.41) is 9.64. The summed E-state index contributed by atoms with van der Waals surface area (Å²) in [4.78, 5) is 1.33. The van der Waals surface area contributed by atoms with Crippen LogP contribution >= 0.6 is 11.3 Å². The van der Waals surface area contributed by atoms with Crippen LogP contribution in [0.3, 0.4) is 0 Å². The van der Waals surface area contributed by atoms with E-state index < -0.39 is 0 Å². The first-order valence-electron chi connectivity index (χ1n) is 6.99. The van der Waals surface area contributed by atoms with Gasteiger partial charge in [-0.3, -0.25) is 0 Å². The van der Waals surface area contributed by atoms with Gasteiger partial charge >= 0.3 is 0 Å². The Balaban J connectivity index is 1.61. The summed E-state index contributed by atoms with van der Waals surface area (Å²) >= 11 is 1.79. The van der Waals surface area contributed by atoms with E-state index in [-0.39, 0.29) is 0 Å². The van der Waals surface area contributed by atoms with E-state index in [4.69, 9.17) is 4.52 Å². The summed E-state index contributed by atoms with van der Waals surface area (Å²) in [6.45, 7) is 5.59. The number of benzene rings is 1. The van der Waals surface area contributed by atoms with Gasteiger partial charge in [0.1, 0.15) is 5.76 Å². The molecule has 0 aliphatic rings. The van der Waals surface area contributed by atoms with Crippen molar-refractivity contribution < 1.29 is 4.52 Å². The molecule has 0 atom stereocenters. The van der Waals surface area contributed by atoms with E-state index in [1.165, 1.54) is 16.0 Å². The average molecular weight is 298 g/mol. The summed E-state index contributed by atoms with van der Waals surface area (Å²) in [6.07, 6.45) is 0. The average Bonchev–Trinajstić information content (AvgIpc) is 3.10. The van der Waals surface area contributed by atoms with Crippen molar-refractivity contribution in [3.05, 3.63) is 63.7 Å². The zero-order valence-corrected chi connectivity index (χ0v) is 13.0. The third kappa shape index (κ3) is 3.23. The van der Waals surface area contributed by atoms with Crippen LogP contribution in [0.25, 0.3) is 11.1 Å². The van der Waals surface area contributed by atoms with Gasteiger partial charge < -0.3 is 9.84 Å². The highest BCUT2D eigenvalue weighted by molar-refractivity contribution is 7.10. The molecule has 0 amide bonds. The second kappa shape index (κ2) is 6.24. The molecule has 0 bridgehead atoms. The lowest BCUT2D eigenvalue weighted by atomic mass is 10.1. The van der Waals surface area contributed by atoms with E-state index in [0.29, 0.717) is 0 Å². The molecule has 3 rings (SSSR count). The van der Waals surface area contributed by atoms with Crippen LogP contribution in [0, 0.1) is 13.8 Å². The number of thiophene rings is 1. The zero-order valence-electron chi connectivity index (χ0n) is 12.2. The molecule has 3 aromatic rings. The van der Waals surface area contributed by atoms with Crippen molar-refractivity contribution >= 4 is 11.3 Å². The number of aromatic nitrogens is 1. The molecule has 3 nitrogen and oxygen atoms in total. The van der Waals surface area contributed by atoms with Crippen molar-refractivity contribution in [3.63, 3.8) is 0 Å². The van der Waals surface area contributed by atoms with E-state index in [0.717, 1.165) is 30.1 Å². The minimum atomic E-state index is 0.791. The normalized spacial score (nSPS) is 11.0. The standard InChI is InChI=1S/C17H18N2OS/c1-12-17(13(2)20-19-12)10-18-9-16-8-15(11-21-16)14-6-4-3-5-7-14/h3-8,11,18H,9-10H2,1-2H3. The van der Waals surface area contributed by atoms with E-state index in [1.54, 1.807) is 11.3 Å². The van der Waals surface area contributed by atoms with Crippen LogP contribution in [0.5, 0.6) is 0 Å². The Morgan fingerprint density at radius 2 is 1.90 bits per heavy atom. The van der Waals surface area contributed by atoms with Gasteiger partial charge in [0.2, 0.25) is 0 Å². The monoisotopic (exact) mass is 298 g/mol. The molecule has 0 spiro atoms. The van der Waals surface area contributed by atoms with Gasteiger partial charge in [0.05, 0.1) is 5.69 Å². The summed E-state index contributed by atoms with van der Waals surface area (Å²) in [5.41, 5.74) is 4.69. The molecule has 4 heteroatoms. The van der Waals surface area contributed by atoms with E-state index >= 15 is 0 Å². The summed E-state index contributed by atoms with van der Waals surface area (Å²) < 4.78 is 5.17. The van der Waals surface area contributed by atoms with Gasteiger partial charge in [0, 0.05) is 23.5 Å². The van der Waals surface area contributed by atoms with Crippen LogP contribution < -0.4 is 5.32 Å². The molecular formula is C17H18N2OS. The van der Waals surface area contributed by atoms with E-state index in [9.17, 15) is 0 Å².